The Morgan fingerprint density at radius 1 is 1.38 bits per heavy atom. The highest BCUT2D eigenvalue weighted by Crippen LogP contribution is 2.17. The first-order valence-electron chi connectivity index (χ1n) is 3.84. The van der Waals surface area contributed by atoms with E-state index in [1.807, 2.05) is 18.2 Å². The van der Waals surface area contributed by atoms with Crippen LogP contribution in [0, 0.1) is 0 Å². The van der Waals surface area contributed by atoms with Crippen molar-refractivity contribution in [3.8, 4) is 0 Å². The van der Waals surface area contributed by atoms with Crippen LogP contribution < -0.4 is 5.73 Å². The Bertz CT molecular complexity index is 289. The molecule has 2 atom stereocenters. The van der Waals surface area contributed by atoms with Crippen LogP contribution in [0.1, 0.15) is 11.6 Å². The second-order valence-corrected chi connectivity index (χ2v) is 3.28. The quantitative estimate of drug-likeness (QED) is 0.635. The number of carbonyl (C=O) groups is 1. The first-order chi connectivity index (χ1) is 6.13. The molecule has 0 fully saturated rings. The van der Waals surface area contributed by atoms with Gasteiger partial charge in [-0.05, 0) is 5.56 Å². The van der Waals surface area contributed by atoms with Crippen LogP contribution in [0.3, 0.4) is 0 Å². The molecule has 0 aromatic heterocycles. The fourth-order valence-corrected chi connectivity index (χ4v) is 1.18. The van der Waals surface area contributed by atoms with Crippen molar-refractivity contribution in [3.63, 3.8) is 0 Å². The fraction of sp³-hybridized carbons (Fsp3) is 0.222. The summed E-state index contributed by atoms with van der Waals surface area (Å²) in [5, 5.41) is 7.80. The number of carboxylic acid groups (broad SMARTS) is 1. The molecule has 0 radical (unpaired) electrons. The summed E-state index contributed by atoms with van der Waals surface area (Å²) < 4.78 is 0. The SMILES string of the molecule is N[C@@H](c1ccccc1)C(S)C(=O)O. The molecule has 0 aliphatic carbocycles. The molecule has 0 bridgehead atoms. The highest BCUT2D eigenvalue weighted by atomic mass is 32.1. The van der Waals surface area contributed by atoms with Gasteiger partial charge in [-0.3, -0.25) is 4.79 Å². The summed E-state index contributed by atoms with van der Waals surface area (Å²) in [5.41, 5.74) is 6.46. The minimum atomic E-state index is -1.00. The van der Waals surface area contributed by atoms with Crippen molar-refractivity contribution in [2.45, 2.75) is 11.3 Å². The van der Waals surface area contributed by atoms with Crippen LogP contribution in [0.5, 0.6) is 0 Å². The summed E-state index contributed by atoms with van der Waals surface area (Å²) in [6, 6.07) is 8.50. The molecular weight excluding hydrogens is 186 g/mol. The summed E-state index contributed by atoms with van der Waals surface area (Å²) in [4.78, 5) is 10.6. The van der Waals surface area contributed by atoms with Gasteiger partial charge in [-0.2, -0.15) is 12.6 Å². The summed E-state index contributed by atoms with van der Waals surface area (Å²) >= 11 is 3.91. The molecule has 0 amide bonds. The Hall–Kier alpha value is -1.00. The zero-order chi connectivity index (χ0) is 9.84. The van der Waals surface area contributed by atoms with Crippen LogP contribution in [-0.4, -0.2) is 16.3 Å². The average molecular weight is 197 g/mol. The molecule has 0 aliphatic rings. The van der Waals surface area contributed by atoms with E-state index >= 15 is 0 Å². The highest BCUT2D eigenvalue weighted by Gasteiger charge is 2.21. The van der Waals surface area contributed by atoms with E-state index in [1.165, 1.54) is 0 Å². The first-order valence-corrected chi connectivity index (χ1v) is 4.36. The lowest BCUT2D eigenvalue weighted by Gasteiger charge is -2.15. The van der Waals surface area contributed by atoms with Crippen LogP contribution in [-0.2, 0) is 4.79 Å². The maximum absolute atomic E-state index is 10.6. The van der Waals surface area contributed by atoms with Crippen molar-refractivity contribution in [1.29, 1.82) is 0 Å². The number of thiol groups is 1. The molecular formula is C9H11NO2S. The number of rotatable bonds is 3. The van der Waals surface area contributed by atoms with Gasteiger partial charge in [0.2, 0.25) is 0 Å². The standard InChI is InChI=1S/C9H11NO2S/c10-7(8(13)9(11)12)6-4-2-1-3-5-6/h1-5,7-8,13H,10H2,(H,11,12)/t7-,8?/m0/s1. The molecule has 1 aromatic carbocycles. The van der Waals surface area contributed by atoms with Crippen LogP contribution in [0.25, 0.3) is 0 Å². The Morgan fingerprint density at radius 3 is 2.38 bits per heavy atom. The van der Waals surface area contributed by atoms with Gasteiger partial charge >= 0.3 is 5.97 Å². The van der Waals surface area contributed by atoms with Gasteiger partial charge < -0.3 is 10.8 Å². The van der Waals surface area contributed by atoms with Crippen LogP contribution >= 0.6 is 12.6 Å². The number of hydrogen-bond acceptors (Lipinski definition) is 3. The molecule has 1 aromatic rings. The largest absolute Gasteiger partial charge is 0.480 e. The predicted octanol–water partition coefficient (Wildman–Crippen LogP) is 1.07. The van der Waals surface area contributed by atoms with E-state index in [0.29, 0.717) is 0 Å². The highest BCUT2D eigenvalue weighted by molar-refractivity contribution is 7.81. The van der Waals surface area contributed by atoms with Crippen molar-refractivity contribution in [1.82, 2.24) is 0 Å². The maximum Gasteiger partial charge on any atom is 0.318 e. The molecule has 0 saturated heterocycles. The summed E-state index contributed by atoms with van der Waals surface area (Å²) in [6.45, 7) is 0. The second-order valence-electron chi connectivity index (χ2n) is 2.72. The summed E-state index contributed by atoms with van der Waals surface area (Å²) in [7, 11) is 0. The number of nitrogens with two attached hydrogens (primary N) is 1. The van der Waals surface area contributed by atoms with Gasteiger partial charge in [-0.1, -0.05) is 30.3 Å². The van der Waals surface area contributed by atoms with E-state index < -0.39 is 17.3 Å². The van der Waals surface area contributed by atoms with E-state index in [-0.39, 0.29) is 0 Å². The summed E-state index contributed by atoms with van der Waals surface area (Å²) in [6.07, 6.45) is 0. The Kier molecular flexibility index (Phi) is 3.33. The van der Waals surface area contributed by atoms with E-state index in [1.54, 1.807) is 12.1 Å². The molecule has 0 heterocycles. The Balaban J connectivity index is 2.79. The second kappa shape index (κ2) is 4.30. The molecule has 1 rings (SSSR count). The Morgan fingerprint density at radius 2 is 1.92 bits per heavy atom. The minimum absolute atomic E-state index is 0.568. The van der Waals surface area contributed by atoms with Gasteiger partial charge in [0.25, 0.3) is 0 Å². The molecule has 0 saturated carbocycles. The van der Waals surface area contributed by atoms with Crippen LogP contribution in [0.2, 0.25) is 0 Å². The monoisotopic (exact) mass is 197 g/mol. The first kappa shape index (κ1) is 10.1. The molecule has 0 aliphatic heterocycles. The molecule has 70 valence electrons. The van der Waals surface area contributed by atoms with E-state index in [4.69, 9.17) is 10.8 Å². The fourth-order valence-electron chi connectivity index (χ4n) is 1.01. The van der Waals surface area contributed by atoms with Gasteiger partial charge in [0.15, 0.2) is 0 Å². The van der Waals surface area contributed by atoms with Crippen LogP contribution in [0.4, 0.5) is 0 Å². The molecule has 13 heavy (non-hydrogen) atoms. The van der Waals surface area contributed by atoms with Gasteiger partial charge in [0.05, 0.1) is 6.04 Å². The van der Waals surface area contributed by atoms with Crippen molar-refractivity contribution < 1.29 is 9.90 Å². The zero-order valence-corrected chi connectivity index (χ0v) is 7.82. The molecule has 3 N–H and O–H groups in total. The van der Waals surface area contributed by atoms with Gasteiger partial charge in [0.1, 0.15) is 5.25 Å². The molecule has 3 nitrogen and oxygen atoms in total. The van der Waals surface area contributed by atoms with Gasteiger partial charge in [-0.25, -0.2) is 0 Å². The zero-order valence-electron chi connectivity index (χ0n) is 6.92. The number of carboxylic acids is 1. The molecule has 0 spiro atoms. The van der Waals surface area contributed by atoms with E-state index in [0.717, 1.165) is 5.56 Å². The predicted molar refractivity (Wildman–Crippen MR) is 53.8 cm³/mol. The van der Waals surface area contributed by atoms with Crippen molar-refractivity contribution in [2.24, 2.45) is 5.73 Å². The van der Waals surface area contributed by atoms with Crippen molar-refractivity contribution in [2.75, 3.05) is 0 Å². The van der Waals surface area contributed by atoms with Crippen molar-refractivity contribution in [3.05, 3.63) is 35.9 Å². The van der Waals surface area contributed by atoms with Crippen LogP contribution in [0.15, 0.2) is 30.3 Å². The Labute approximate surface area is 82.0 Å². The van der Waals surface area contributed by atoms with Gasteiger partial charge in [-0.15, -0.1) is 0 Å². The lowest BCUT2D eigenvalue weighted by molar-refractivity contribution is -0.136. The smallest absolute Gasteiger partial charge is 0.318 e. The number of benzene rings is 1. The average Bonchev–Trinajstić information content (AvgIpc) is 2.17. The minimum Gasteiger partial charge on any atom is -0.480 e. The topological polar surface area (TPSA) is 63.3 Å². The third-order valence-corrected chi connectivity index (χ3v) is 2.32. The molecule has 4 heteroatoms. The maximum atomic E-state index is 10.6. The van der Waals surface area contributed by atoms with E-state index in [2.05, 4.69) is 12.6 Å². The lowest BCUT2D eigenvalue weighted by atomic mass is 10.0. The third kappa shape index (κ3) is 2.47. The summed E-state index contributed by atoms with van der Waals surface area (Å²) in [5.74, 6) is -1.00. The van der Waals surface area contributed by atoms with Gasteiger partial charge in [0, 0.05) is 0 Å². The van der Waals surface area contributed by atoms with E-state index in [9.17, 15) is 4.79 Å². The number of aliphatic carboxylic acids is 1. The van der Waals surface area contributed by atoms with Crippen molar-refractivity contribution >= 4 is 18.6 Å². The third-order valence-electron chi connectivity index (χ3n) is 1.78. The lowest BCUT2D eigenvalue weighted by Crippen LogP contribution is -2.28. The normalized spacial score (nSPS) is 14.9. The molecule has 1 unspecified atom stereocenters. The number of hydrogen-bond donors (Lipinski definition) is 3.